The number of carbonyl (C=O) groups excluding carboxylic acids is 1. The number of benzene rings is 1. The van der Waals surface area contributed by atoms with Gasteiger partial charge in [-0.3, -0.25) is 4.79 Å². The Balaban J connectivity index is 0.00000256. The molecule has 1 amide bonds. The van der Waals surface area contributed by atoms with Crippen molar-refractivity contribution in [2.75, 3.05) is 13.1 Å². The molecule has 4 nitrogen and oxygen atoms in total. The van der Waals surface area contributed by atoms with E-state index in [1.807, 2.05) is 6.07 Å². The number of halogens is 1. The molecule has 0 spiro atoms. The summed E-state index contributed by atoms with van der Waals surface area (Å²) in [5.41, 5.74) is 6.48. The third-order valence-electron chi connectivity index (χ3n) is 2.19. The molecular weight excluding hydrogens is 238 g/mol. The summed E-state index contributed by atoms with van der Waals surface area (Å²) in [5, 5.41) is 11.4. The van der Waals surface area contributed by atoms with Crippen molar-refractivity contribution >= 4 is 18.3 Å². The molecule has 0 saturated heterocycles. The second kappa shape index (κ2) is 8.57. The van der Waals surface area contributed by atoms with Crippen molar-refractivity contribution in [3.05, 3.63) is 35.4 Å². The van der Waals surface area contributed by atoms with Gasteiger partial charge >= 0.3 is 0 Å². The first-order valence-electron chi connectivity index (χ1n) is 5.26. The minimum Gasteiger partial charge on any atom is -0.352 e. The predicted molar refractivity (Wildman–Crippen MR) is 69.0 cm³/mol. The lowest BCUT2D eigenvalue weighted by atomic mass is 10.1. The van der Waals surface area contributed by atoms with Crippen LogP contribution in [-0.2, 0) is 0 Å². The number of amides is 1. The fourth-order valence-electron chi connectivity index (χ4n) is 1.27. The zero-order chi connectivity index (χ0) is 11.8. The Morgan fingerprint density at radius 3 is 2.47 bits per heavy atom. The van der Waals surface area contributed by atoms with E-state index in [0.717, 1.165) is 12.8 Å². The van der Waals surface area contributed by atoms with Crippen molar-refractivity contribution in [3.63, 3.8) is 0 Å². The van der Waals surface area contributed by atoms with E-state index in [-0.39, 0.29) is 18.3 Å². The van der Waals surface area contributed by atoms with E-state index >= 15 is 0 Å². The molecule has 3 N–H and O–H groups in total. The molecule has 5 heteroatoms. The van der Waals surface area contributed by atoms with Gasteiger partial charge in [0.15, 0.2) is 0 Å². The maximum atomic E-state index is 11.6. The van der Waals surface area contributed by atoms with Crippen LogP contribution in [0.15, 0.2) is 24.3 Å². The average Bonchev–Trinajstić information content (AvgIpc) is 2.34. The summed E-state index contributed by atoms with van der Waals surface area (Å²) in [6.07, 6.45) is 1.80. The molecule has 0 aliphatic heterocycles. The average molecular weight is 254 g/mol. The van der Waals surface area contributed by atoms with Crippen molar-refractivity contribution in [1.82, 2.24) is 5.32 Å². The van der Waals surface area contributed by atoms with Crippen LogP contribution >= 0.6 is 12.4 Å². The molecule has 17 heavy (non-hydrogen) atoms. The van der Waals surface area contributed by atoms with E-state index in [4.69, 9.17) is 11.0 Å². The van der Waals surface area contributed by atoms with Gasteiger partial charge in [-0.25, -0.2) is 0 Å². The summed E-state index contributed by atoms with van der Waals surface area (Å²) in [5.74, 6) is -0.110. The van der Waals surface area contributed by atoms with Crippen molar-refractivity contribution in [1.29, 1.82) is 5.26 Å². The van der Waals surface area contributed by atoms with Gasteiger partial charge in [0.25, 0.3) is 5.91 Å². The predicted octanol–water partition coefficient (Wildman–Crippen LogP) is 1.45. The Labute approximate surface area is 107 Å². The summed E-state index contributed by atoms with van der Waals surface area (Å²) in [6, 6.07) is 8.57. The topological polar surface area (TPSA) is 78.9 Å². The second-order valence-corrected chi connectivity index (χ2v) is 3.44. The third-order valence-corrected chi connectivity index (χ3v) is 2.19. The Morgan fingerprint density at radius 1 is 1.29 bits per heavy atom. The fourth-order valence-corrected chi connectivity index (χ4v) is 1.27. The Hall–Kier alpha value is -1.57. The van der Waals surface area contributed by atoms with E-state index in [1.165, 1.54) is 0 Å². The Morgan fingerprint density at radius 2 is 1.94 bits per heavy atom. The van der Waals surface area contributed by atoms with Gasteiger partial charge in [0.05, 0.1) is 11.6 Å². The lowest BCUT2D eigenvalue weighted by Gasteiger charge is -2.04. The zero-order valence-corrected chi connectivity index (χ0v) is 10.3. The van der Waals surface area contributed by atoms with Gasteiger partial charge in [-0.15, -0.1) is 12.4 Å². The Bertz CT molecular complexity index is 384. The molecule has 0 bridgehead atoms. The summed E-state index contributed by atoms with van der Waals surface area (Å²) in [4.78, 5) is 11.6. The molecule has 1 aromatic carbocycles. The maximum absolute atomic E-state index is 11.6. The first kappa shape index (κ1) is 15.4. The van der Waals surface area contributed by atoms with Gasteiger partial charge < -0.3 is 11.1 Å². The smallest absolute Gasteiger partial charge is 0.251 e. The van der Waals surface area contributed by atoms with Gasteiger partial charge in [-0.05, 0) is 43.7 Å². The number of nitriles is 1. The third kappa shape index (κ3) is 5.34. The SMILES string of the molecule is Cl.N#Cc1ccc(C(=O)NCCCCN)cc1. The maximum Gasteiger partial charge on any atom is 0.251 e. The van der Waals surface area contributed by atoms with Crippen LogP contribution in [0.1, 0.15) is 28.8 Å². The van der Waals surface area contributed by atoms with Gasteiger partial charge in [-0.1, -0.05) is 0 Å². The minimum absolute atomic E-state index is 0. The van der Waals surface area contributed by atoms with E-state index in [1.54, 1.807) is 24.3 Å². The number of nitrogens with two attached hydrogens (primary N) is 1. The monoisotopic (exact) mass is 253 g/mol. The van der Waals surface area contributed by atoms with Gasteiger partial charge in [-0.2, -0.15) is 5.26 Å². The number of nitrogens with zero attached hydrogens (tertiary/aromatic N) is 1. The molecule has 0 unspecified atom stereocenters. The standard InChI is InChI=1S/C12H15N3O.ClH/c13-7-1-2-8-15-12(16)11-5-3-10(9-14)4-6-11;/h3-6H,1-2,7-8,13H2,(H,15,16);1H. The first-order valence-corrected chi connectivity index (χ1v) is 5.26. The second-order valence-electron chi connectivity index (χ2n) is 3.44. The van der Waals surface area contributed by atoms with Crippen LogP contribution in [0.3, 0.4) is 0 Å². The van der Waals surface area contributed by atoms with E-state index < -0.39 is 0 Å². The highest BCUT2D eigenvalue weighted by Gasteiger charge is 2.03. The van der Waals surface area contributed by atoms with E-state index in [2.05, 4.69) is 5.32 Å². The molecule has 0 aliphatic rings. The van der Waals surface area contributed by atoms with Crippen LogP contribution in [0.2, 0.25) is 0 Å². The van der Waals surface area contributed by atoms with Gasteiger partial charge in [0, 0.05) is 12.1 Å². The molecule has 1 aromatic rings. The first-order chi connectivity index (χ1) is 7.77. The fraction of sp³-hybridized carbons (Fsp3) is 0.333. The number of rotatable bonds is 5. The summed E-state index contributed by atoms with van der Waals surface area (Å²) in [6.45, 7) is 1.28. The molecule has 0 fully saturated rings. The summed E-state index contributed by atoms with van der Waals surface area (Å²) in [7, 11) is 0. The minimum atomic E-state index is -0.110. The zero-order valence-electron chi connectivity index (χ0n) is 9.48. The molecule has 92 valence electrons. The van der Waals surface area contributed by atoms with Crippen LogP contribution in [0.5, 0.6) is 0 Å². The molecule has 0 aromatic heterocycles. The number of nitrogens with one attached hydrogen (secondary N) is 1. The Kier molecular flexibility index (Phi) is 7.78. The highest BCUT2D eigenvalue weighted by atomic mass is 35.5. The molecule has 1 rings (SSSR count). The molecule has 0 saturated carbocycles. The number of hydrogen-bond donors (Lipinski definition) is 2. The van der Waals surface area contributed by atoms with Crippen molar-refractivity contribution in [2.45, 2.75) is 12.8 Å². The van der Waals surface area contributed by atoms with Crippen molar-refractivity contribution < 1.29 is 4.79 Å². The van der Waals surface area contributed by atoms with E-state index in [9.17, 15) is 4.79 Å². The number of carbonyl (C=O) groups is 1. The van der Waals surface area contributed by atoms with Crippen LogP contribution in [0.4, 0.5) is 0 Å². The quantitative estimate of drug-likeness (QED) is 0.780. The van der Waals surface area contributed by atoms with Crippen molar-refractivity contribution in [3.8, 4) is 6.07 Å². The highest BCUT2D eigenvalue weighted by molar-refractivity contribution is 5.94. The molecular formula is C12H16ClN3O. The number of unbranched alkanes of at least 4 members (excludes halogenated alkanes) is 1. The molecule has 0 aliphatic carbocycles. The normalized spacial score (nSPS) is 8.94. The summed E-state index contributed by atoms with van der Waals surface area (Å²) >= 11 is 0. The lowest BCUT2D eigenvalue weighted by Crippen LogP contribution is -2.24. The van der Waals surface area contributed by atoms with Crippen molar-refractivity contribution in [2.24, 2.45) is 5.73 Å². The van der Waals surface area contributed by atoms with Crippen LogP contribution in [0.25, 0.3) is 0 Å². The van der Waals surface area contributed by atoms with Gasteiger partial charge in [0.2, 0.25) is 0 Å². The molecule has 0 heterocycles. The lowest BCUT2D eigenvalue weighted by molar-refractivity contribution is 0.0953. The highest BCUT2D eigenvalue weighted by Crippen LogP contribution is 2.03. The molecule has 0 atom stereocenters. The van der Waals surface area contributed by atoms with E-state index in [0.29, 0.717) is 24.2 Å². The summed E-state index contributed by atoms with van der Waals surface area (Å²) < 4.78 is 0. The van der Waals surface area contributed by atoms with Gasteiger partial charge in [0.1, 0.15) is 0 Å². The number of hydrogen-bond acceptors (Lipinski definition) is 3. The van der Waals surface area contributed by atoms with Crippen LogP contribution in [-0.4, -0.2) is 19.0 Å². The van der Waals surface area contributed by atoms with Crippen LogP contribution < -0.4 is 11.1 Å². The molecule has 0 radical (unpaired) electrons. The largest absolute Gasteiger partial charge is 0.352 e. The van der Waals surface area contributed by atoms with Crippen LogP contribution in [0, 0.1) is 11.3 Å².